The minimum Gasteiger partial charge on any atom is -0.508 e. The maximum atomic E-state index is 12.2. The van der Waals surface area contributed by atoms with Gasteiger partial charge >= 0.3 is 0 Å². The van der Waals surface area contributed by atoms with Gasteiger partial charge in [-0.3, -0.25) is 4.79 Å². The number of phenols is 1. The number of phenolic OH excluding ortho intramolecular Hbond substituents is 1. The van der Waals surface area contributed by atoms with Gasteiger partial charge in [-0.15, -0.1) is 0 Å². The summed E-state index contributed by atoms with van der Waals surface area (Å²) in [6.07, 6.45) is 6.99. The van der Waals surface area contributed by atoms with Gasteiger partial charge in [-0.25, -0.2) is 0 Å². The van der Waals surface area contributed by atoms with Gasteiger partial charge in [0.05, 0.1) is 5.56 Å². The summed E-state index contributed by atoms with van der Waals surface area (Å²) in [5.74, 6) is -0.106. The van der Waals surface area contributed by atoms with Crippen LogP contribution in [0.25, 0.3) is 0 Å². The Morgan fingerprint density at radius 3 is 2.71 bits per heavy atom. The highest BCUT2D eigenvalue weighted by Crippen LogP contribution is 2.33. The highest BCUT2D eigenvalue weighted by molar-refractivity contribution is 6.03. The van der Waals surface area contributed by atoms with Crippen LogP contribution in [0.2, 0.25) is 0 Å². The van der Waals surface area contributed by atoms with Crippen molar-refractivity contribution in [1.82, 2.24) is 0 Å². The third-order valence-corrected chi connectivity index (χ3v) is 3.21. The first-order chi connectivity index (χ1) is 10.1. The number of Topliss-reactive ketones (excluding diaryl/α,β-unsaturated/α-hetero) is 1. The van der Waals surface area contributed by atoms with E-state index in [1.54, 1.807) is 12.2 Å². The predicted octanol–water partition coefficient (Wildman–Crippen LogP) is 2.78. The van der Waals surface area contributed by atoms with Crippen LogP contribution < -0.4 is 4.74 Å². The number of aromatic hydroxyl groups is 1. The molecule has 0 saturated heterocycles. The molecule has 0 amide bonds. The first-order valence-electron chi connectivity index (χ1n) is 6.76. The second-order valence-corrected chi connectivity index (χ2v) is 4.72. The van der Waals surface area contributed by atoms with Crippen molar-refractivity contribution in [1.29, 1.82) is 0 Å². The normalized spacial score (nSPS) is 22.6. The van der Waals surface area contributed by atoms with E-state index in [4.69, 9.17) is 4.74 Å². The quantitative estimate of drug-likeness (QED) is 0.838. The van der Waals surface area contributed by atoms with E-state index in [-0.39, 0.29) is 17.1 Å². The Kier molecular flexibility index (Phi) is 4.60. The van der Waals surface area contributed by atoms with Gasteiger partial charge in [-0.05, 0) is 31.6 Å². The van der Waals surface area contributed by atoms with Crippen LogP contribution in [0.15, 0.2) is 54.2 Å². The van der Waals surface area contributed by atoms with Crippen LogP contribution in [-0.4, -0.2) is 28.2 Å². The molecule has 0 bridgehead atoms. The fraction of sp³-hybridized carbons (Fsp3) is 0.235. The molecule has 110 valence electrons. The molecule has 0 aliphatic carbocycles. The van der Waals surface area contributed by atoms with Crippen molar-refractivity contribution in [2.24, 2.45) is 0 Å². The third-order valence-electron chi connectivity index (χ3n) is 3.21. The number of benzene rings is 1. The van der Waals surface area contributed by atoms with Gasteiger partial charge in [0.2, 0.25) is 0 Å². The molecule has 0 saturated carbocycles. The molecule has 0 fully saturated rings. The first-order valence-corrected chi connectivity index (χ1v) is 6.76. The topological polar surface area (TPSA) is 66.8 Å². The number of allylic oxidation sites excluding steroid dienone is 4. The molecule has 21 heavy (non-hydrogen) atoms. The highest BCUT2D eigenvalue weighted by atomic mass is 16.5. The fourth-order valence-electron chi connectivity index (χ4n) is 2.21. The Hall–Kier alpha value is -2.33. The molecule has 1 aromatic carbocycles. The zero-order valence-corrected chi connectivity index (χ0v) is 12.0. The monoisotopic (exact) mass is 286 g/mol. The third kappa shape index (κ3) is 3.06. The number of fused-ring (bicyclic) bond motifs is 1. The number of hydrogen-bond acceptors (Lipinski definition) is 4. The Labute approximate surface area is 123 Å². The SMILES string of the molecule is CC=C/C(=C\C=C/C)[C@H]1Oc2cc(O)ccc2C(=O)C1O. The lowest BCUT2D eigenvalue weighted by Crippen LogP contribution is -2.43. The van der Waals surface area contributed by atoms with Crippen molar-refractivity contribution < 1.29 is 19.7 Å². The Morgan fingerprint density at radius 2 is 2.05 bits per heavy atom. The van der Waals surface area contributed by atoms with Gasteiger partial charge in [0.1, 0.15) is 11.5 Å². The van der Waals surface area contributed by atoms with Crippen LogP contribution in [0, 0.1) is 0 Å². The number of ketones is 1. The molecule has 1 heterocycles. The van der Waals surface area contributed by atoms with Gasteiger partial charge in [-0.2, -0.15) is 0 Å². The van der Waals surface area contributed by atoms with Crippen molar-refractivity contribution in [2.45, 2.75) is 26.1 Å². The largest absolute Gasteiger partial charge is 0.508 e. The summed E-state index contributed by atoms with van der Waals surface area (Å²) < 4.78 is 5.72. The molecule has 0 radical (unpaired) electrons. The molecular weight excluding hydrogens is 268 g/mol. The first kappa shape index (κ1) is 15.1. The van der Waals surface area contributed by atoms with Gasteiger partial charge in [0.15, 0.2) is 18.0 Å². The highest BCUT2D eigenvalue weighted by Gasteiger charge is 2.37. The lowest BCUT2D eigenvalue weighted by atomic mass is 9.93. The number of carbonyl (C=O) groups excluding carboxylic acids is 1. The van der Waals surface area contributed by atoms with Crippen LogP contribution in [0.4, 0.5) is 0 Å². The minimum atomic E-state index is -1.27. The van der Waals surface area contributed by atoms with Crippen LogP contribution >= 0.6 is 0 Å². The van der Waals surface area contributed by atoms with E-state index in [0.717, 1.165) is 0 Å². The van der Waals surface area contributed by atoms with E-state index in [1.165, 1.54) is 18.2 Å². The van der Waals surface area contributed by atoms with Gasteiger partial charge in [0.25, 0.3) is 0 Å². The number of rotatable bonds is 3. The summed E-state index contributed by atoms with van der Waals surface area (Å²) in [6.45, 7) is 3.72. The molecule has 2 atom stereocenters. The minimum absolute atomic E-state index is 0.0155. The summed E-state index contributed by atoms with van der Waals surface area (Å²) in [4.78, 5) is 12.2. The molecule has 4 heteroatoms. The Morgan fingerprint density at radius 1 is 1.29 bits per heavy atom. The number of carbonyl (C=O) groups is 1. The molecule has 2 rings (SSSR count). The standard InChI is InChI=1S/C17H18O4/c1-3-5-7-11(6-4-2)17-16(20)15(19)13-9-8-12(18)10-14(13)21-17/h3-10,16-18,20H,1-2H3/b5-3-,6-4?,11-7+/t16?,17-/m1/s1. The van der Waals surface area contributed by atoms with E-state index >= 15 is 0 Å². The molecule has 1 aliphatic heterocycles. The lowest BCUT2D eigenvalue weighted by molar-refractivity contribution is 0.0354. The second kappa shape index (κ2) is 6.41. The number of ether oxygens (including phenoxy) is 1. The van der Waals surface area contributed by atoms with E-state index in [2.05, 4.69) is 0 Å². The zero-order valence-electron chi connectivity index (χ0n) is 12.0. The maximum Gasteiger partial charge on any atom is 0.199 e. The number of hydrogen-bond donors (Lipinski definition) is 2. The Balaban J connectivity index is 2.44. The molecule has 1 aromatic rings. The van der Waals surface area contributed by atoms with Crippen molar-refractivity contribution in [3.8, 4) is 11.5 Å². The van der Waals surface area contributed by atoms with Gasteiger partial charge in [0, 0.05) is 6.07 Å². The van der Waals surface area contributed by atoms with E-state index in [9.17, 15) is 15.0 Å². The fourth-order valence-corrected chi connectivity index (χ4v) is 2.21. The van der Waals surface area contributed by atoms with Gasteiger partial charge < -0.3 is 14.9 Å². The van der Waals surface area contributed by atoms with Crippen molar-refractivity contribution >= 4 is 5.78 Å². The molecule has 2 N–H and O–H groups in total. The van der Waals surface area contributed by atoms with Crippen molar-refractivity contribution in [3.05, 3.63) is 59.7 Å². The molecule has 0 aromatic heterocycles. The summed E-state index contributed by atoms with van der Waals surface area (Å²) in [7, 11) is 0. The predicted molar refractivity (Wildman–Crippen MR) is 80.6 cm³/mol. The average molecular weight is 286 g/mol. The number of aliphatic hydroxyl groups excluding tert-OH is 1. The van der Waals surface area contributed by atoms with Crippen LogP contribution in [-0.2, 0) is 0 Å². The van der Waals surface area contributed by atoms with E-state index < -0.39 is 18.0 Å². The Bertz CT molecular complexity index is 626. The summed E-state index contributed by atoms with van der Waals surface area (Å²) in [5, 5.41) is 19.7. The maximum absolute atomic E-state index is 12.2. The van der Waals surface area contributed by atoms with E-state index in [1.807, 2.05) is 32.1 Å². The lowest BCUT2D eigenvalue weighted by Gasteiger charge is -2.30. The summed E-state index contributed by atoms with van der Waals surface area (Å²) in [6, 6.07) is 4.24. The molecule has 4 nitrogen and oxygen atoms in total. The second-order valence-electron chi connectivity index (χ2n) is 4.72. The molecular formula is C17H18O4. The summed E-state index contributed by atoms with van der Waals surface area (Å²) in [5.41, 5.74) is 0.966. The van der Waals surface area contributed by atoms with Gasteiger partial charge in [-0.1, -0.05) is 30.4 Å². The van der Waals surface area contributed by atoms with E-state index in [0.29, 0.717) is 5.57 Å². The molecule has 1 unspecified atom stereocenters. The van der Waals surface area contributed by atoms with Crippen LogP contribution in [0.5, 0.6) is 11.5 Å². The zero-order chi connectivity index (χ0) is 15.4. The smallest absolute Gasteiger partial charge is 0.199 e. The van der Waals surface area contributed by atoms with Crippen molar-refractivity contribution in [3.63, 3.8) is 0 Å². The number of aliphatic hydroxyl groups is 1. The van der Waals surface area contributed by atoms with Crippen molar-refractivity contribution in [2.75, 3.05) is 0 Å². The van der Waals surface area contributed by atoms with Crippen LogP contribution in [0.3, 0.4) is 0 Å². The van der Waals surface area contributed by atoms with Crippen LogP contribution in [0.1, 0.15) is 24.2 Å². The average Bonchev–Trinajstić information content (AvgIpc) is 2.47. The molecule has 0 spiro atoms. The summed E-state index contributed by atoms with van der Waals surface area (Å²) >= 11 is 0. The molecule has 1 aliphatic rings.